The van der Waals surface area contributed by atoms with E-state index in [0.717, 1.165) is 11.4 Å². The molecular formula is C24H27N5O4. The molecule has 0 saturated carbocycles. The van der Waals surface area contributed by atoms with E-state index in [1.54, 1.807) is 22.9 Å². The minimum Gasteiger partial charge on any atom is -0.368 e. The molecule has 0 aliphatic carbocycles. The Bertz CT molecular complexity index is 1120. The van der Waals surface area contributed by atoms with Gasteiger partial charge in [0.15, 0.2) is 0 Å². The Hall–Kier alpha value is -3.69. The highest BCUT2D eigenvalue weighted by molar-refractivity contribution is 5.94. The Balaban J connectivity index is 1.55. The van der Waals surface area contributed by atoms with Crippen molar-refractivity contribution >= 4 is 17.5 Å². The number of piperazine rings is 1. The van der Waals surface area contributed by atoms with E-state index in [1.165, 1.54) is 14.2 Å². The van der Waals surface area contributed by atoms with Crippen molar-refractivity contribution in [1.82, 2.24) is 14.7 Å². The zero-order chi connectivity index (χ0) is 23.4. The van der Waals surface area contributed by atoms with Crippen LogP contribution in [-0.4, -0.2) is 66.9 Å². The van der Waals surface area contributed by atoms with Crippen LogP contribution >= 0.6 is 0 Å². The third-order valence-electron chi connectivity index (χ3n) is 5.68. The molecule has 0 atom stereocenters. The highest BCUT2D eigenvalue weighted by Gasteiger charge is 2.28. The van der Waals surface area contributed by atoms with Gasteiger partial charge in [0.2, 0.25) is 12.2 Å². The van der Waals surface area contributed by atoms with Gasteiger partial charge in [0.05, 0.1) is 5.69 Å². The summed E-state index contributed by atoms with van der Waals surface area (Å²) < 4.78 is 12.3. The summed E-state index contributed by atoms with van der Waals surface area (Å²) in [6.07, 6.45) is -0.670. The third-order valence-corrected chi connectivity index (χ3v) is 5.68. The quantitative estimate of drug-likeness (QED) is 0.555. The van der Waals surface area contributed by atoms with Crippen LogP contribution in [0.4, 0.5) is 5.69 Å². The zero-order valence-corrected chi connectivity index (χ0v) is 18.7. The number of rotatable bonds is 7. The van der Waals surface area contributed by atoms with Crippen molar-refractivity contribution in [3.8, 4) is 5.69 Å². The molecule has 1 saturated heterocycles. The number of anilines is 1. The van der Waals surface area contributed by atoms with Crippen LogP contribution in [0.15, 0.2) is 60.7 Å². The van der Waals surface area contributed by atoms with Crippen LogP contribution in [0.25, 0.3) is 5.69 Å². The molecule has 33 heavy (non-hydrogen) atoms. The topological polar surface area (TPSA) is 103 Å². The first kappa shape index (κ1) is 22.5. The van der Waals surface area contributed by atoms with Crippen molar-refractivity contribution in [3.63, 3.8) is 0 Å². The monoisotopic (exact) mass is 449 g/mol. The van der Waals surface area contributed by atoms with E-state index in [9.17, 15) is 9.59 Å². The van der Waals surface area contributed by atoms with Gasteiger partial charge in [-0.2, -0.15) is 5.10 Å². The molecule has 2 amide bonds. The van der Waals surface area contributed by atoms with Crippen LogP contribution in [0.1, 0.15) is 32.8 Å². The van der Waals surface area contributed by atoms with Gasteiger partial charge in [-0.25, -0.2) is 4.68 Å². The molecule has 0 radical (unpaired) electrons. The van der Waals surface area contributed by atoms with Crippen molar-refractivity contribution in [2.75, 3.05) is 45.3 Å². The average molecular weight is 450 g/mol. The van der Waals surface area contributed by atoms with Gasteiger partial charge in [-0.05, 0) is 36.4 Å². The van der Waals surface area contributed by atoms with Crippen molar-refractivity contribution in [2.24, 2.45) is 5.73 Å². The number of carbonyl (C=O) groups excluding carboxylic acids is 2. The average Bonchev–Trinajstić information content (AvgIpc) is 3.30. The van der Waals surface area contributed by atoms with Crippen molar-refractivity contribution < 1.29 is 19.1 Å². The summed E-state index contributed by atoms with van der Waals surface area (Å²) in [6, 6.07) is 18.4. The van der Waals surface area contributed by atoms with Gasteiger partial charge >= 0.3 is 0 Å². The summed E-state index contributed by atoms with van der Waals surface area (Å²) in [5.74, 6) is -0.574. The minimum atomic E-state index is -0.670. The summed E-state index contributed by atoms with van der Waals surface area (Å²) >= 11 is 0. The number of hydrogen-bond acceptors (Lipinski definition) is 6. The van der Waals surface area contributed by atoms with Crippen molar-refractivity contribution in [1.29, 1.82) is 0 Å². The van der Waals surface area contributed by atoms with E-state index in [0.29, 0.717) is 43.1 Å². The van der Waals surface area contributed by atoms with Gasteiger partial charge in [-0.3, -0.25) is 9.59 Å². The fourth-order valence-electron chi connectivity index (χ4n) is 3.96. The van der Waals surface area contributed by atoms with Gasteiger partial charge in [0, 0.05) is 51.6 Å². The van der Waals surface area contributed by atoms with E-state index in [2.05, 4.69) is 10.00 Å². The van der Waals surface area contributed by atoms with Crippen LogP contribution in [0, 0.1) is 0 Å². The van der Waals surface area contributed by atoms with Gasteiger partial charge in [0.1, 0.15) is 11.4 Å². The van der Waals surface area contributed by atoms with E-state index in [4.69, 9.17) is 15.2 Å². The maximum absolute atomic E-state index is 13.5. The molecule has 172 valence electrons. The largest absolute Gasteiger partial charge is 0.368 e. The number of aromatic nitrogens is 2. The zero-order valence-electron chi connectivity index (χ0n) is 18.7. The predicted octanol–water partition coefficient (Wildman–Crippen LogP) is 2.22. The minimum absolute atomic E-state index is 0.117. The second-order valence-corrected chi connectivity index (χ2v) is 7.70. The van der Waals surface area contributed by atoms with E-state index < -0.39 is 12.2 Å². The summed E-state index contributed by atoms with van der Waals surface area (Å²) in [5.41, 5.74) is 8.53. The van der Waals surface area contributed by atoms with Crippen LogP contribution in [0.2, 0.25) is 0 Å². The highest BCUT2D eigenvalue weighted by atomic mass is 16.7. The number of benzene rings is 2. The standard InChI is InChI=1S/C24H27N5O4/c1-32-24(33-2)20-16-21(29(26-20)18-8-4-3-5-9-18)23(31)28-13-11-27(12-14-28)19-10-6-7-17(15-19)22(25)30/h3-10,15-16,24H,11-14H2,1-2H3,(H2,25,30). The first-order valence-corrected chi connectivity index (χ1v) is 10.7. The fraction of sp³-hybridized carbons (Fsp3) is 0.292. The molecule has 4 rings (SSSR count). The van der Waals surface area contributed by atoms with Crippen LogP contribution in [0.5, 0.6) is 0 Å². The summed E-state index contributed by atoms with van der Waals surface area (Å²) in [6.45, 7) is 2.35. The van der Waals surface area contributed by atoms with E-state index in [1.807, 2.05) is 47.4 Å². The number of primary amides is 1. The predicted molar refractivity (Wildman–Crippen MR) is 123 cm³/mol. The lowest BCUT2D eigenvalue weighted by atomic mass is 10.1. The van der Waals surface area contributed by atoms with Gasteiger partial charge in [-0.15, -0.1) is 0 Å². The van der Waals surface area contributed by atoms with Crippen LogP contribution in [0.3, 0.4) is 0 Å². The first-order valence-electron chi connectivity index (χ1n) is 10.7. The molecule has 1 aliphatic rings. The number of para-hydroxylation sites is 1. The molecular weight excluding hydrogens is 422 g/mol. The van der Waals surface area contributed by atoms with Crippen molar-refractivity contribution in [3.05, 3.63) is 77.6 Å². The molecule has 9 heteroatoms. The first-order chi connectivity index (χ1) is 16.0. The lowest BCUT2D eigenvalue weighted by Gasteiger charge is -2.36. The maximum Gasteiger partial charge on any atom is 0.272 e. The van der Waals surface area contributed by atoms with E-state index >= 15 is 0 Å². The lowest BCUT2D eigenvalue weighted by Crippen LogP contribution is -2.49. The summed E-state index contributed by atoms with van der Waals surface area (Å²) in [7, 11) is 3.06. The summed E-state index contributed by atoms with van der Waals surface area (Å²) in [4.78, 5) is 28.9. The Morgan fingerprint density at radius 2 is 1.58 bits per heavy atom. The molecule has 1 aromatic heterocycles. The number of hydrogen-bond donors (Lipinski definition) is 1. The Labute approximate surface area is 192 Å². The Kier molecular flexibility index (Phi) is 6.71. The fourth-order valence-corrected chi connectivity index (χ4v) is 3.96. The van der Waals surface area contributed by atoms with Gasteiger partial charge in [-0.1, -0.05) is 24.3 Å². The molecule has 9 nitrogen and oxygen atoms in total. The lowest BCUT2D eigenvalue weighted by molar-refractivity contribution is -0.108. The number of ether oxygens (including phenoxy) is 2. The Morgan fingerprint density at radius 1 is 0.909 bits per heavy atom. The number of methoxy groups -OCH3 is 2. The molecule has 1 fully saturated rings. The molecule has 2 heterocycles. The smallest absolute Gasteiger partial charge is 0.272 e. The van der Waals surface area contributed by atoms with Crippen LogP contribution < -0.4 is 10.6 Å². The molecule has 3 aromatic rings. The number of nitrogens with two attached hydrogens (primary N) is 1. The second kappa shape index (κ2) is 9.85. The molecule has 0 spiro atoms. The molecule has 2 N–H and O–H groups in total. The Morgan fingerprint density at radius 3 is 2.21 bits per heavy atom. The normalized spacial score (nSPS) is 14.0. The molecule has 1 aliphatic heterocycles. The highest BCUT2D eigenvalue weighted by Crippen LogP contribution is 2.23. The molecule has 0 unspecified atom stereocenters. The van der Waals surface area contributed by atoms with Gasteiger partial charge < -0.3 is 25.0 Å². The second-order valence-electron chi connectivity index (χ2n) is 7.70. The molecule has 0 bridgehead atoms. The SMILES string of the molecule is COC(OC)c1cc(C(=O)N2CCN(c3cccc(C(N)=O)c3)CC2)n(-c2ccccc2)n1. The summed E-state index contributed by atoms with van der Waals surface area (Å²) in [5, 5.41) is 4.59. The van der Waals surface area contributed by atoms with Crippen LogP contribution in [-0.2, 0) is 9.47 Å². The van der Waals surface area contributed by atoms with Crippen molar-refractivity contribution in [2.45, 2.75) is 6.29 Å². The number of amides is 2. The number of nitrogens with zero attached hydrogens (tertiary/aromatic N) is 4. The third kappa shape index (κ3) is 4.74. The maximum atomic E-state index is 13.5. The molecule has 2 aromatic carbocycles. The number of carbonyl (C=O) groups is 2. The van der Waals surface area contributed by atoms with Gasteiger partial charge in [0.25, 0.3) is 5.91 Å². The van der Waals surface area contributed by atoms with E-state index in [-0.39, 0.29) is 5.91 Å².